The minimum atomic E-state index is -0.979. The zero-order chi connectivity index (χ0) is 16.5. The predicted octanol–water partition coefficient (Wildman–Crippen LogP) is 1.56. The van der Waals surface area contributed by atoms with Crippen molar-refractivity contribution in [3.8, 4) is 0 Å². The van der Waals surface area contributed by atoms with Crippen LogP contribution in [-0.2, 0) is 9.31 Å². The van der Waals surface area contributed by atoms with E-state index < -0.39 is 30.5 Å². The molecule has 22 heavy (non-hydrogen) atoms. The lowest BCUT2D eigenvalue weighted by molar-refractivity contribution is 0.00578. The number of rotatable bonds is 5. The molecule has 0 saturated carbocycles. The van der Waals surface area contributed by atoms with E-state index in [0.29, 0.717) is 17.3 Å². The predicted molar refractivity (Wildman–Crippen MR) is 89.3 cm³/mol. The average molecular weight is 372 g/mol. The molecule has 1 fully saturated rings. The van der Waals surface area contributed by atoms with Crippen LogP contribution in [0.4, 0.5) is 0 Å². The van der Waals surface area contributed by atoms with E-state index in [1.165, 1.54) is 0 Å². The smallest absolute Gasteiger partial charge is 0.399 e. The molecule has 7 heteroatoms. The van der Waals surface area contributed by atoms with Gasteiger partial charge < -0.3 is 19.5 Å². The standard InChI is InChI=1S/C15H23BBrNO4/c1-14(2)15(3,4)22-16(21-14)11-7-10(8-18-9-11)13(20)12(19)5-6-17/h7-9,12-13,19-20H,5-6H2,1-4H3. The molecule has 0 spiro atoms. The maximum Gasteiger partial charge on any atom is 0.496 e. The number of halogens is 1. The second kappa shape index (κ2) is 6.57. The van der Waals surface area contributed by atoms with Crippen LogP contribution < -0.4 is 5.46 Å². The summed E-state index contributed by atoms with van der Waals surface area (Å²) < 4.78 is 12.0. The van der Waals surface area contributed by atoms with E-state index in [2.05, 4.69) is 20.9 Å². The Labute approximate surface area is 140 Å². The number of aliphatic hydroxyl groups excluding tert-OH is 2. The molecule has 0 aliphatic carbocycles. The quantitative estimate of drug-likeness (QED) is 0.607. The Morgan fingerprint density at radius 1 is 1.18 bits per heavy atom. The highest BCUT2D eigenvalue weighted by Gasteiger charge is 2.51. The maximum atomic E-state index is 10.2. The summed E-state index contributed by atoms with van der Waals surface area (Å²) in [6.07, 6.45) is 1.86. The first kappa shape index (κ1) is 17.9. The SMILES string of the molecule is CC1(C)OB(c2cncc(C(O)C(O)CCBr)c2)OC1(C)C. The van der Waals surface area contributed by atoms with Crippen molar-refractivity contribution in [3.05, 3.63) is 24.0 Å². The van der Waals surface area contributed by atoms with Crippen molar-refractivity contribution in [2.75, 3.05) is 5.33 Å². The van der Waals surface area contributed by atoms with Gasteiger partial charge in [-0.2, -0.15) is 0 Å². The van der Waals surface area contributed by atoms with Crippen LogP contribution in [0.15, 0.2) is 18.5 Å². The van der Waals surface area contributed by atoms with Crippen molar-refractivity contribution in [2.24, 2.45) is 0 Å². The van der Waals surface area contributed by atoms with E-state index in [9.17, 15) is 10.2 Å². The molecule has 0 aromatic carbocycles. The second-order valence-electron chi connectivity index (χ2n) is 6.63. The summed E-state index contributed by atoms with van der Waals surface area (Å²) in [5.74, 6) is 0. The van der Waals surface area contributed by atoms with Gasteiger partial charge in [0.15, 0.2) is 0 Å². The largest absolute Gasteiger partial charge is 0.496 e. The Bertz CT molecular complexity index is 510. The maximum absolute atomic E-state index is 10.2. The number of pyridine rings is 1. The molecular formula is C15H23BBrNO4. The van der Waals surface area contributed by atoms with Crippen molar-refractivity contribution < 1.29 is 19.5 Å². The molecule has 2 unspecified atom stereocenters. The van der Waals surface area contributed by atoms with Gasteiger partial charge in [-0.3, -0.25) is 4.98 Å². The number of alkyl halides is 1. The van der Waals surface area contributed by atoms with Crippen molar-refractivity contribution >= 4 is 28.5 Å². The van der Waals surface area contributed by atoms with Gasteiger partial charge in [0.1, 0.15) is 6.10 Å². The molecule has 0 bridgehead atoms. The lowest BCUT2D eigenvalue weighted by Crippen LogP contribution is -2.41. The van der Waals surface area contributed by atoms with E-state index in [1.54, 1.807) is 18.5 Å². The third-order valence-electron chi connectivity index (χ3n) is 4.42. The van der Waals surface area contributed by atoms with Gasteiger partial charge >= 0.3 is 7.12 Å². The molecule has 1 aromatic rings. The topological polar surface area (TPSA) is 71.8 Å². The summed E-state index contributed by atoms with van der Waals surface area (Å²) in [6, 6.07) is 1.78. The summed E-state index contributed by atoms with van der Waals surface area (Å²) in [5, 5.41) is 20.7. The van der Waals surface area contributed by atoms with Gasteiger partial charge in [-0.05, 0) is 34.1 Å². The highest BCUT2D eigenvalue weighted by molar-refractivity contribution is 9.09. The monoisotopic (exact) mass is 371 g/mol. The van der Waals surface area contributed by atoms with Gasteiger partial charge in [-0.25, -0.2) is 0 Å². The third kappa shape index (κ3) is 3.54. The number of hydrogen-bond acceptors (Lipinski definition) is 5. The van der Waals surface area contributed by atoms with Crippen molar-refractivity contribution in [1.82, 2.24) is 4.98 Å². The highest BCUT2D eigenvalue weighted by atomic mass is 79.9. The minimum absolute atomic E-state index is 0.429. The van der Waals surface area contributed by atoms with Gasteiger partial charge in [0.05, 0.1) is 17.3 Å². The Morgan fingerprint density at radius 2 is 1.77 bits per heavy atom. The van der Waals surface area contributed by atoms with Gasteiger partial charge in [-0.1, -0.05) is 22.0 Å². The molecule has 2 N–H and O–H groups in total. The van der Waals surface area contributed by atoms with Crippen LogP contribution >= 0.6 is 15.9 Å². The zero-order valence-corrected chi connectivity index (χ0v) is 15.0. The second-order valence-corrected chi connectivity index (χ2v) is 7.42. The number of nitrogens with zero attached hydrogens (tertiary/aromatic N) is 1. The number of aliphatic hydroxyl groups is 2. The number of aromatic nitrogens is 1. The minimum Gasteiger partial charge on any atom is -0.399 e. The summed E-state index contributed by atoms with van der Waals surface area (Å²) in [5.41, 5.74) is 0.436. The van der Waals surface area contributed by atoms with E-state index in [1.807, 2.05) is 27.7 Å². The zero-order valence-electron chi connectivity index (χ0n) is 13.4. The van der Waals surface area contributed by atoms with E-state index in [-0.39, 0.29) is 0 Å². The van der Waals surface area contributed by atoms with Crippen LogP contribution in [0.3, 0.4) is 0 Å². The van der Waals surface area contributed by atoms with E-state index in [4.69, 9.17) is 9.31 Å². The van der Waals surface area contributed by atoms with Crippen LogP contribution in [-0.4, -0.2) is 45.0 Å². The van der Waals surface area contributed by atoms with Crippen LogP contribution in [0.1, 0.15) is 45.8 Å². The van der Waals surface area contributed by atoms with Gasteiger partial charge in [-0.15, -0.1) is 0 Å². The molecule has 0 radical (unpaired) electrons. The van der Waals surface area contributed by atoms with Crippen LogP contribution in [0.25, 0.3) is 0 Å². The lowest BCUT2D eigenvalue weighted by atomic mass is 9.79. The normalized spacial score (nSPS) is 22.6. The summed E-state index contributed by atoms with van der Waals surface area (Å²) in [6.45, 7) is 7.94. The fraction of sp³-hybridized carbons (Fsp3) is 0.667. The summed E-state index contributed by atoms with van der Waals surface area (Å²) in [4.78, 5) is 4.15. The highest BCUT2D eigenvalue weighted by Crippen LogP contribution is 2.36. The summed E-state index contributed by atoms with van der Waals surface area (Å²) >= 11 is 3.26. The Hall–Kier alpha value is -0.465. The Morgan fingerprint density at radius 3 is 2.32 bits per heavy atom. The molecule has 1 aromatic heterocycles. The fourth-order valence-electron chi connectivity index (χ4n) is 2.24. The first-order valence-corrected chi connectivity index (χ1v) is 8.52. The Balaban J connectivity index is 2.20. The van der Waals surface area contributed by atoms with Gasteiger partial charge in [0.2, 0.25) is 0 Å². The fourth-order valence-corrected chi connectivity index (χ4v) is 2.71. The molecular weight excluding hydrogens is 349 g/mol. The van der Waals surface area contributed by atoms with Crippen molar-refractivity contribution in [3.63, 3.8) is 0 Å². The van der Waals surface area contributed by atoms with Crippen molar-refractivity contribution in [2.45, 2.75) is 57.5 Å². The first-order chi connectivity index (χ1) is 10.2. The van der Waals surface area contributed by atoms with Crippen molar-refractivity contribution in [1.29, 1.82) is 0 Å². The third-order valence-corrected chi connectivity index (χ3v) is 4.87. The molecule has 1 saturated heterocycles. The molecule has 0 amide bonds. The molecule has 1 aliphatic heterocycles. The Kier molecular flexibility index (Phi) is 5.34. The summed E-state index contributed by atoms with van der Waals surface area (Å²) in [7, 11) is -0.530. The molecule has 2 atom stereocenters. The van der Waals surface area contributed by atoms with E-state index >= 15 is 0 Å². The van der Waals surface area contributed by atoms with Gasteiger partial charge in [0, 0.05) is 28.8 Å². The first-order valence-electron chi connectivity index (χ1n) is 7.40. The van der Waals surface area contributed by atoms with Crippen LogP contribution in [0, 0.1) is 0 Å². The molecule has 122 valence electrons. The molecule has 2 heterocycles. The van der Waals surface area contributed by atoms with Crippen LogP contribution in [0.2, 0.25) is 0 Å². The average Bonchev–Trinajstić information content (AvgIpc) is 2.67. The molecule has 1 aliphatic rings. The van der Waals surface area contributed by atoms with Crippen LogP contribution in [0.5, 0.6) is 0 Å². The van der Waals surface area contributed by atoms with Gasteiger partial charge in [0.25, 0.3) is 0 Å². The molecule has 2 rings (SSSR count). The van der Waals surface area contributed by atoms with E-state index in [0.717, 1.165) is 5.46 Å². The number of hydrogen-bond donors (Lipinski definition) is 2. The molecule has 5 nitrogen and oxygen atoms in total. The lowest BCUT2D eigenvalue weighted by Gasteiger charge is -2.32.